The number of nitrogens with two attached hydrogens (primary N) is 1. The third-order valence-corrected chi connectivity index (χ3v) is 2.21. The third kappa shape index (κ3) is 2.06. The van der Waals surface area contributed by atoms with Crippen molar-refractivity contribution in [3.8, 4) is 0 Å². The molecule has 1 aromatic heterocycles. The lowest BCUT2D eigenvalue weighted by Crippen LogP contribution is -2.15. The van der Waals surface area contributed by atoms with Gasteiger partial charge >= 0.3 is 0 Å². The van der Waals surface area contributed by atoms with Crippen LogP contribution in [0, 0.1) is 0 Å². The van der Waals surface area contributed by atoms with Crippen LogP contribution in [0.1, 0.15) is 28.0 Å². The van der Waals surface area contributed by atoms with Crippen molar-refractivity contribution in [1.82, 2.24) is 4.98 Å². The molecule has 0 spiro atoms. The second kappa shape index (κ2) is 4.45. The summed E-state index contributed by atoms with van der Waals surface area (Å²) in [4.78, 5) is 14.6. The lowest BCUT2D eigenvalue weighted by atomic mass is 10.1. The lowest BCUT2D eigenvalue weighted by Gasteiger charge is -2.08. The van der Waals surface area contributed by atoms with E-state index >= 15 is 0 Å². The van der Waals surface area contributed by atoms with Gasteiger partial charge in [-0.2, -0.15) is 0 Å². The van der Waals surface area contributed by atoms with Crippen molar-refractivity contribution < 1.29 is 13.6 Å². The van der Waals surface area contributed by atoms with Gasteiger partial charge in [0.05, 0.1) is 16.8 Å². The Morgan fingerprint density at radius 2 is 2.29 bits per heavy atom. The minimum Gasteiger partial charge on any atom is -0.366 e. The van der Waals surface area contributed by atoms with E-state index in [0.29, 0.717) is 0 Å². The van der Waals surface area contributed by atoms with Gasteiger partial charge in [-0.1, -0.05) is 15.9 Å². The SMILES string of the molecule is NC(=O)c1ccnc(CBr)c1C(F)F. The number of nitrogens with zero attached hydrogens (tertiary/aromatic N) is 1. The predicted octanol–water partition coefficient (Wildman–Crippen LogP) is 2.01. The van der Waals surface area contributed by atoms with E-state index in [4.69, 9.17) is 5.73 Å². The van der Waals surface area contributed by atoms with E-state index < -0.39 is 17.9 Å². The quantitative estimate of drug-likeness (QED) is 0.850. The number of carbonyl (C=O) groups is 1. The van der Waals surface area contributed by atoms with Gasteiger partial charge in [0.25, 0.3) is 6.43 Å². The highest BCUT2D eigenvalue weighted by Gasteiger charge is 2.20. The molecule has 0 saturated carbocycles. The second-order valence-corrected chi connectivity index (χ2v) is 3.08. The highest BCUT2D eigenvalue weighted by atomic mass is 79.9. The molecule has 1 aromatic rings. The van der Waals surface area contributed by atoms with Crippen molar-refractivity contribution in [3.63, 3.8) is 0 Å². The Morgan fingerprint density at radius 3 is 2.71 bits per heavy atom. The molecule has 1 rings (SSSR count). The van der Waals surface area contributed by atoms with Crippen LogP contribution in [0.15, 0.2) is 12.3 Å². The van der Waals surface area contributed by atoms with Crippen LogP contribution in [0.4, 0.5) is 8.78 Å². The zero-order valence-electron chi connectivity index (χ0n) is 7.01. The first-order chi connectivity index (χ1) is 6.57. The van der Waals surface area contributed by atoms with Crippen LogP contribution in [0.25, 0.3) is 0 Å². The van der Waals surface area contributed by atoms with E-state index in [1.54, 1.807) is 0 Å². The smallest absolute Gasteiger partial charge is 0.266 e. The molecule has 0 atom stereocenters. The summed E-state index contributed by atoms with van der Waals surface area (Å²) >= 11 is 3.01. The molecule has 1 amide bonds. The van der Waals surface area contributed by atoms with Crippen molar-refractivity contribution in [3.05, 3.63) is 29.1 Å². The molecule has 0 fully saturated rings. The Hall–Kier alpha value is -1.04. The molecule has 14 heavy (non-hydrogen) atoms. The van der Waals surface area contributed by atoms with Crippen LogP contribution >= 0.6 is 15.9 Å². The van der Waals surface area contributed by atoms with Gasteiger partial charge in [0.15, 0.2) is 0 Å². The summed E-state index contributed by atoms with van der Waals surface area (Å²) in [6.07, 6.45) is -1.47. The van der Waals surface area contributed by atoms with Crippen molar-refractivity contribution in [2.75, 3.05) is 0 Å². The Balaban J connectivity index is 3.35. The van der Waals surface area contributed by atoms with E-state index in [2.05, 4.69) is 20.9 Å². The van der Waals surface area contributed by atoms with Gasteiger partial charge in [0, 0.05) is 11.5 Å². The number of amides is 1. The molecule has 0 aliphatic rings. The summed E-state index contributed by atoms with van der Waals surface area (Å²) in [5.74, 6) is -0.870. The molecule has 2 N–H and O–H groups in total. The Morgan fingerprint density at radius 1 is 1.64 bits per heavy atom. The van der Waals surface area contributed by atoms with Gasteiger partial charge in [-0.15, -0.1) is 0 Å². The summed E-state index contributed by atoms with van der Waals surface area (Å²) in [6, 6.07) is 1.19. The molecular formula is C8H7BrF2N2O. The largest absolute Gasteiger partial charge is 0.366 e. The molecule has 0 unspecified atom stereocenters. The van der Waals surface area contributed by atoms with Crippen molar-refractivity contribution >= 4 is 21.8 Å². The van der Waals surface area contributed by atoms with Gasteiger partial charge in [-0.25, -0.2) is 8.78 Å². The molecule has 0 aliphatic heterocycles. The van der Waals surface area contributed by atoms with E-state index in [1.807, 2.05) is 0 Å². The molecule has 0 radical (unpaired) electrons. The average molecular weight is 265 g/mol. The Kier molecular flexibility index (Phi) is 3.51. The number of aromatic nitrogens is 1. The normalized spacial score (nSPS) is 10.6. The van der Waals surface area contributed by atoms with Gasteiger partial charge in [0.2, 0.25) is 5.91 Å². The summed E-state index contributed by atoms with van der Waals surface area (Å²) in [6.45, 7) is 0. The molecule has 0 saturated heterocycles. The van der Waals surface area contributed by atoms with Crippen LogP contribution < -0.4 is 5.73 Å². The average Bonchev–Trinajstić information content (AvgIpc) is 2.16. The van der Waals surface area contributed by atoms with Gasteiger partial charge in [-0.3, -0.25) is 9.78 Å². The minimum absolute atomic E-state index is 0.135. The molecule has 76 valence electrons. The Bertz CT molecular complexity index is 357. The molecule has 3 nitrogen and oxygen atoms in total. The number of primary amides is 1. The Labute approximate surface area is 87.4 Å². The van der Waals surface area contributed by atoms with Crippen molar-refractivity contribution in [2.45, 2.75) is 11.8 Å². The van der Waals surface area contributed by atoms with Crippen molar-refractivity contribution in [1.29, 1.82) is 0 Å². The molecule has 0 aromatic carbocycles. The predicted molar refractivity (Wildman–Crippen MR) is 50.3 cm³/mol. The number of carbonyl (C=O) groups excluding carboxylic acids is 1. The summed E-state index contributed by atoms with van der Waals surface area (Å²) in [7, 11) is 0. The van der Waals surface area contributed by atoms with Crippen LogP contribution in [0.2, 0.25) is 0 Å². The maximum Gasteiger partial charge on any atom is 0.266 e. The number of halogens is 3. The van der Waals surface area contributed by atoms with Gasteiger partial charge in [-0.05, 0) is 6.07 Å². The topological polar surface area (TPSA) is 56.0 Å². The second-order valence-electron chi connectivity index (χ2n) is 2.52. The van der Waals surface area contributed by atoms with E-state index in [1.165, 1.54) is 12.3 Å². The fourth-order valence-electron chi connectivity index (χ4n) is 1.08. The van der Waals surface area contributed by atoms with Gasteiger partial charge < -0.3 is 5.73 Å². The van der Waals surface area contributed by atoms with Crippen LogP contribution in [0.5, 0.6) is 0 Å². The number of pyridine rings is 1. The lowest BCUT2D eigenvalue weighted by molar-refractivity contribution is 0.0985. The van der Waals surface area contributed by atoms with Crippen LogP contribution in [0.3, 0.4) is 0 Å². The first-order valence-electron chi connectivity index (χ1n) is 3.69. The summed E-state index contributed by atoms with van der Waals surface area (Å²) in [5.41, 5.74) is 4.53. The first kappa shape index (κ1) is 11.0. The summed E-state index contributed by atoms with van der Waals surface area (Å²) < 4.78 is 25.1. The fraction of sp³-hybridized carbons (Fsp3) is 0.250. The van der Waals surface area contributed by atoms with Crippen molar-refractivity contribution in [2.24, 2.45) is 5.73 Å². The maximum atomic E-state index is 12.6. The van der Waals surface area contributed by atoms with E-state index in [9.17, 15) is 13.6 Å². The van der Waals surface area contributed by atoms with E-state index in [-0.39, 0.29) is 16.6 Å². The number of rotatable bonds is 3. The molecule has 6 heteroatoms. The van der Waals surface area contributed by atoms with E-state index in [0.717, 1.165) is 0 Å². The monoisotopic (exact) mass is 264 g/mol. The first-order valence-corrected chi connectivity index (χ1v) is 4.81. The highest BCUT2D eigenvalue weighted by Crippen LogP contribution is 2.26. The standard InChI is InChI=1S/C8H7BrF2N2O/c9-3-5-6(7(10)11)4(8(12)14)1-2-13-5/h1-2,7H,3H2,(H2,12,14). The number of hydrogen-bond acceptors (Lipinski definition) is 2. The highest BCUT2D eigenvalue weighted by molar-refractivity contribution is 9.08. The van der Waals surface area contributed by atoms with Crippen LogP contribution in [-0.4, -0.2) is 10.9 Å². The van der Waals surface area contributed by atoms with Gasteiger partial charge in [0.1, 0.15) is 0 Å². The molecule has 0 bridgehead atoms. The van der Waals surface area contributed by atoms with Crippen LogP contribution in [-0.2, 0) is 5.33 Å². The molecular weight excluding hydrogens is 258 g/mol. The molecule has 0 aliphatic carbocycles. The minimum atomic E-state index is -2.75. The maximum absolute atomic E-state index is 12.6. The molecule has 1 heterocycles. The third-order valence-electron chi connectivity index (χ3n) is 1.68. The fourth-order valence-corrected chi connectivity index (χ4v) is 1.53. The zero-order chi connectivity index (χ0) is 10.7. The zero-order valence-corrected chi connectivity index (χ0v) is 8.59. The number of alkyl halides is 3. The summed E-state index contributed by atoms with van der Waals surface area (Å²) in [5, 5.41) is 0.161. The number of hydrogen-bond donors (Lipinski definition) is 1.